The summed E-state index contributed by atoms with van der Waals surface area (Å²) < 4.78 is 32.0. The Morgan fingerprint density at radius 2 is 1.87 bits per heavy atom. The van der Waals surface area contributed by atoms with E-state index in [2.05, 4.69) is 13.8 Å². The molecule has 23 heavy (non-hydrogen) atoms. The average Bonchev–Trinajstić information content (AvgIpc) is 2.56. The molecule has 0 amide bonds. The molecule has 0 bridgehead atoms. The van der Waals surface area contributed by atoms with E-state index in [9.17, 15) is 8.42 Å². The maximum absolute atomic E-state index is 12.6. The first kappa shape index (κ1) is 20.1. The molecule has 0 aromatic heterocycles. The van der Waals surface area contributed by atoms with Crippen LogP contribution in [0.5, 0.6) is 0 Å². The number of aryl methyl sites for hydroxylation is 1. The van der Waals surface area contributed by atoms with Gasteiger partial charge in [0.05, 0.1) is 11.5 Å². The Morgan fingerprint density at radius 1 is 1.22 bits per heavy atom. The summed E-state index contributed by atoms with van der Waals surface area (Å²) in [7, 11) is -1.70. The minimum atomic E-state index is -3.37. The van der Waals surface area contributed by atoms with Crippen LogP contribution in [0.4, 0.5) is 0 Å². The molecule has 1 saturated heterocycles. The summed E-state index contributed by atoms with van der Waals surface area (Å²) in [5, 5.41) is 0. The highest BCUT2D eigenvalue weighted by molar-refractivity contribution is 7.89. The predicted molar refractivity (Wildman–Crippen MR) is 95.1 cm³/mol. The molecule has 1 aliphatic rings. The number of benzene rings is 1. The zero-order chi connectivity index (χ0) is 17.3. The van der Waals surface area contributed by atoms with Crippen molar-refractivity contribution in [3.63, 3.8) is 0 Å². The van der Waals surface area contributed by atoms with E-state index in [1.165, 1.54) is 12.8 Å². The van der Waals surface area contributed by atoms with Crippen LogP contribution in [0.25, 0.3) is 0 Å². The van der Waals surface area contributed by atoms with Gasteiger partial charge in [-0.1, -0.05) is 44.9 Å². The molecular formula is C18H31NO3S. The lowest BCUT2D eigenvalue weighted by Gasteiger charge is -2.31. The van der Waals surface area contributed by atoms with Crippen LogP contribution in [-0.4, -0.2) is 39.5 Å². The number of methoxy groups -OCH3 is 1. The standard InChI is InChI=1S/C14H21NO3S.C4H10/c1-12-6-3-4-8-14(12)19(16,17)15-9-5-7-13(10-15)11-18-2;1-3-4-2/h3-4,6,8,13H,5,7,9-11H2,1-2H3;3-4H2,1-2H3. The molecule has 0 radical (unpaired) electrons. The highest BCUT2D eigenvalue weighted by Gasteiger charge is 2.30. The smallest absolute Gasteiger partial charge is 0.243 e. The van der Waals surface area contributed by atoms with Gasteiger partial charge in [0.15, 0.2) is 0 Å². The molecule has 1 unspecified atom stereocenters. The number of hydrogen-bond donors (Lipinski definition) is 0. The van der Waals surface area contributed by atoms with E-state index in [0.717, 1.165) is 18.4 Å². The summed E-state index contributed by atoms with van der Waals surface area (Å²) in [6, 6.07) is 7.16. The molecule has 1 aromatic rings. The van der Waals surface area contributed by atoms with Crippen LogP contribution in [0, 0.1) is 12.8 Å². The third kappa shape index (κ3) is 5.90. The molecule has 0 spiro atoms. The Balaban J connectivity index is 0.000000593. The van der Waals surface area contributed by atoms with E-state index < -0.39 is 10.0 Å². The molecule has 4 nitrogen and oxygen atoms in total. The minimum absolute atomic E-state index is 0.303. The molecule has 5 heteroatoms. The molecule has 1 heterocycles. The van der Waals surface area contributed by atoms with Crippen molar-refractivity contribution in [1.82, 2.24) is 4.31 Å². The Labute approximate surface area is 141 Å². The van der Waals surface area contributed by atoms with Gasteiger partial charge in [-0.3, -0.25) is 0 Å². The summed E-state index contributed by atoms with van der Waals surface area (Å²) >= 11 is 0. The van der Waals surface area contributed by atoms with E-state index in [-0.39, 0.29) is 0 Å². The van der Waals surface area contributed by atoms with Crippen LogP contribution < -0.4 is 0 Å². The molecule has 1 fully saturated rings. The molecule has 1 atom stereocenters. The van der Waals surface area contributed by atoms with Gasteiger partial charge in [0.2, 0.25) is 10.0 Å². The summed E-state index contributed by atoms with van der Waals surface area (Å²) in [4.78, 5) is 0.424. The van der Waals surface area contributed by atoms with Crippen LogP contribution in [0.15, 0.2) is 29.2 Å². The zero-order valence-corrected chi connectivity index (χ0v) is 15.7. The van der Waals surface area contributed by atoms with Gasteiger partial charge < -0.3 is 4.74 Å². The van der Waals surface area contributed by atoms with Gasteiger partial charge in [-0.2, -0.15) is 4.31 Å². The number of piperidine rings is 1. The monoisotopic (exact) mass is 341 g/mol. The highest BCUT2D eigenvalue weighted by atomic mass is 32.2. The molecule has 0 N–H and O–H groups in total. The first-order chi connectivity index (χ1) is 11.0. The van der Waals surface area contributed by atoms with Crippen molar-refractivity contribution in [2.24, 2.45) is 5.92 Å². The van der Waals surface area contributed by atoms with Crippen molar-refractivity contribution in [3.05, 3.63) is 29.8 Å². The van der Waals surface area contributed by atoms with Crippen LogP contribution in [0.2, 0.25) is 0 Å². The molecule has 1 aromatic carbocycles. The van der Waals surface area contributed by atoms with Crippen molar-refractivity contribution in [2.75, 3.05) is 26.8 Å². The van der Waals surface area contributed by atoms with Crippen molar-refractivity contribution >= 4 is 10.0 Å². The number of sulfonamides is 1. The van der Waals surface area contributed by atoms with Crippen molar-refractivity contribution in [1.29, 1.82) is 0 Å². The fourth-order valence-electron chi connectivity index (χ4n) is 2.60. The quantitative estimate of drug-likeness (QED) is 0.817. The fraction of sp³-hybridized carbons (Fsp3) is 0.667. The van der Waals surface area contributed by atoms with E-state index in [1.807, 2.05) is 19.1 Å². The first-order valence-electron chi connectivity index (χ1n) is 8.52. The number of unbranched alkanes of at least 4 members (excludes halogenated alkanes) is 1. The molecule has 1 aliphatic heterocycles. The van der Waals surface area contributed by atoms with Crippen LogP contribution in [0.3, 0.4) is 0 Å². The highest BCUT2D eigenvalue weighted by Crippen LogP contribution is 2.25. The van der Waals surface area contributed by atoms with E-state index in [4.69, 9.17) is 4.74 Å². The van der Waals surface area contributed by atoms with Crippen molar-refractivity contribution < 1.29 is 13.2 Å². The third-order valence-corrected chi connectivity index (χ3v) is 6.12. The van der Waals surface area contributed by atoms with Crippen LogP contribution >= 0.6 is 0 Å². The normalized spacial score (nSPS) is 19.0. The lowest BCUT2D eigenvalue weighted by Crippen LogP contribution is -2.41. The van der Waals surface area contributed by atoms with Gasteiger partial charge in [-0.15, -0.1) is 0 Å². The fourth-order valence-corrected chi connectivity index (χ4v) is 4.38. The largest absolute Gasteiger partial charge is 0.384 e. The van der Waals surface area contributed by atoms with E-state index >= 15 is 0 Å². The summed E-state index contributed by atoms with van der Waals surface area (Å²) in [6.07, 6.45) is 4.58. The van der Waals surface area contributed by atoms with Gasteiger partial charge in [0, 0.05) is 20.2 Å². The molecule has 0 saturated carbocycles. The molecule has 2 rings (SSSR count). The number of rotatable bonds is 5. The molecule has 132 valence electrons. The maximum atomic E-state index is 12.6. The average molecular weight is 342 g/mol. The lowest BCUT2D eigenvalue weighted by molar-refractivity contribution is 0.118. The van der Waals surface area contributed by atoms with Crippen LogP contribution in [-0.2, 0) is 14.8 Å². The molecule has 0 aliphatic carbocycles. The predicted octanol–water partition coefficient (Wildman–Crippen LogP) is 3.85. The summed E-state index contributed by atoms with van der Waals surface area (Å²) in [6.45, 7) is 7.99. The van der Waals surface area contributed by atoms with E-state index in [0.29, 0.717) is 30.5 Å². The number of ether oxygens (including phenoxy) is 1. The van der Waals surface area contributed by atoms with Crippen molar-refractivity contribution in [2.45, 2.75) is 51.3 Å². The molecular weight excluding hydrogens is 310 g/mol. The second-order valence-corrected chi connectivity index (χ2v) is 8.00. The number of nitrogens with zero attached hydrogens (tertiary/aromatic N) is 1. The topological polar surface area (TPSA) is 46.6 Å². The Morgan fingerprint density at radius 3 is 2.43 bits per heavy atom. The Bertz CT molecular complexity index is 553. The first-order valence-corrected chi connectivity index (χ1v) is 9.96. The lowest BCUT2D eigenvalue weighted by atomic mass is 10.0. The zero-order valence-electron chi connectivity index (χ0n) is 14.9. The third-order valence-electron chi connectivity index (χ3n) is 4.10. The van der Waals surface area contributed by atoms with Gasteiger partial charge in [0.25, 0.3) is 0 Å². The Hall–Kier alpha value is -0.910. The van der Waals surface area contributed by atoms with Gasteiger partial charge >= 0.3 is 0 Å². The van der Waals surface area contributed by atoms with Gasteiger partial charge in [-0.05, 0) is 37.3 Å². The maximum Gasteiger partial charge on any atom is 0.243 e. The summed E-state index contributed by atoms with van der Waals surface area (Å²) in [5.41, 5.74) is 0.802. The van der Waals surface area contributed by atoms with E-state index in [1.54, 1.807) is 23.5 Å². The number of hydrogen-bond acceptors (Lipinski definition) is 3. The SMILES string of the molecule is CCCC.COCC1CCCN(S(=O)(=O)c2ccccc2C)C1. The minimum Gasteiger partial charge on any atom is -0.384 e. The van der Waals surface area contributed by atoms with Crippen molar-refractivity contribution in [3.8, 4) is 0 Å². The van der Waals surface area contributed by atoms with Gasteiger partial charge in [0.1, 0.15) is 0 Å². The second kappa shape index (κ2) is 10.1. The second-order valence-electron chi connectivity index (χ2n) is 6.09. The van der Waals surface area contributed by atoms with Crippen LogP contribution in [0.1, 0.15) is 45.1 Å². The summed E-state index contributed by atoms with van der Waals surface area (Å²) in [5.74, 6) is 0.303. The van der Waals surface area contributed by atoms with Gasteiger partial charge in [-0.25, -0.2) is 8.42 Å². The Kier molecular flexibility index (Phi) is 8.81.